The molecule has 0 aliphatic carbocycles. The summed E-state index contributed by atoms with van der Waals surface area (Å²) in [6.07, 6.45) is 2.03. The molecule has 2 heterocycles. The number of oxime groups is 1. The standard InChI is InChI=1S/C13H21N5O2/c1-9-7-10(11(14)17-19)16-12(15-9)18-6-4-5-13(2,8-18)20-3/h7,19H,4-6,8H2,1-3H3,(H2,14,17). The topological polar surface area (TPSA) is 96.9 Å². The molecule has 0 bridgehead atoms. The zero-order chi connectivity index (χ0) is 14.8. The van der Waals surface area contributed by atoms with E-state index < -0.39 is 0 Å². The summed E-state index contributed by atoms with van der Waals surface area (Å²) in [4.78, 5) is 10.9. The van der Waals surface area contributed by atoms with Crippen LogP contribution in [0.4, 0.5) is 5.95 Å². The van der Waals surface area contributed by atoms with Crippen molar-refractivity contribution < 1.29 is 9.94 Å². The maximum absolute atomic E-state index is 8.77. The minimum absolute atomic E-state index is 0.0109. The van der Waals surface area contributed by atoms with Crippen LogP contribution >= 0.6 is 0 Å². The number of hydrogen-bond acceptors (Lipinski definition) is 6. The van der Waals surface area contributed by atoms with E-state index >= 15 is 0 Å². The number of ether oxygens (including phenoxy) is 1. The maximum atomic E-state index is 8.77. The molecule has 1 unspecified atom stereocenters. The highest BCUT2D eigenvalue weighted by Gasteiger charge is 2.32. The molecule has 1 aromatic rings. The molecule has 0 radical (unpaired) electrons. The molecule has 0 aromatic carbocycles. The van der Waals surface area contributed by atoms with Crippen LogP contribution in [0.1, 0.15) is 31.2 Å². The fourth-order valence-corrected chi connectivity index (χ4v) is 2.42. The van der Waals surface area contributed by atoms with Gasteiger partial charge < -0.3 is 20.6 Å². The normalized spacial score (nSPS) is 23.9. The van der Waals surface area contributed by atoms with E-state index in [0.717, 1.165) is 31.6 Å². The Morgan fingerprint density at radius 2 is 2.30 bits per heavy atom. The van der Waals surface area contributed by atoms with Crippen molar-refractivity contribution in [3.05, 3.63) is 17.5 Å². The number of piperidine rings is 1. The summed E-state index contributed by atoms with van der Waals surface area (Å²) < 4.78 is 5.57. The highest BCUT2D eigenvalue weighted by Crippen LogP contribution is 2.26. The van der Waals surface area contributed by atoms with Crippen molar-refractivity contribution in [2.24, 2.45) is 10.9 Å². The monoisotopic (exact) mass is 279 g/mol. The van der Waals surface area contributed by atoms with Gasteiger partial charge in [0.15, 0.2) is 5.84 Å². The molecule has 1 atom stereocenters. The Bertz CT molecular complexity index is 519. The number of aryl methyl sites for hydroxylation is 1. The average molecular weight is 279 g/mol. The Kier molecular flexibility index (Phi) is 4.08. The van der Waals surface area contributed by atoms with E-state index in [2.05, 4.69) is 26.9 Å². The second kappa shape index (κ2) is 5.62. The molecular weight excluding hydrogens is 258 g/mol. The molecule has 20 heavy (non-hydrogen) atoms. The van der Waals surface area contributed by atoms with Crippen LogP contribution in [0.15, 0.2) is 11.2 Å². The zero-order valence-electron chi connectivity index (χ0n) is 12.1. The molecule has 110 valence electrons. The molecule has 2 rings (SSSR count). The summed E-state index contributed by atoms with van der Waals surface area (Å²) in [5.74, 6) is 0.581. The molecule has 1 aromatic heterocycles. The van der Waals surface area contributed by atoms with Crippen molar-refractivity contribution in [1.82, 2.24) is 9.97 Å². The third-order valence-electron chi connectivity index (χ3n) is 3.65. The molecule has 7 heteroatoms. The van der Waals surface area contributed by atoms with Crippen molar-refractivity contribution >= 4 is 11.8 Å². The Balaban J connectivity index is 2.30. The summed E-state index contributed by atoms with van der Waals surface area (Å²) in [7, 11) is 1.72. The lowest BCUT2D eigenvalue weighted by Crippen LogP contribution is -2.48. The predicted molar refractivity (Wildman–Crippen MR) is 76.1 cm³/mol. The molecule has 0 spiro atoms. The Hall–Kier alpha value is -1.89. The SMILES string of the molecule is COC1(C)CCCN(c2nc(C)cc(/C(N)=N/O)n2)C1. The first-order valence-electron chi connectivity index (χ1n) is 6.61. The van der Waals surface area contributed by atoms with Crippen LogP contribution in [-0.2, 0) is 4.74 Å². The van der Waals surface area contributed by atoms with Gasteiger partial charge in [-0.25, -0.2) is 9.97 Å². The van der Waals surface area contributed by atoms with Crippen LogP contribution in [0.2, 0.25) is 0 Å². The van der Waals surface area contributed by atoms with Gasteiger partial charge in [-0.15, -0.1) is 0 Å². The van der Waals surface area contributed by atoms with Crippen LogP contribution in [0, 0.1) is 6.92 Å². The number of anilines is 1. The largest absolute Gasteiger partial charge is 0.409 e. The third-order valence-corrected chi connectivity index (χ3v) is 3.65. The second-order valence-electron chi connectivity index (χ2n) is 5.36. The van der Waals surface area contributed by atoms with Gasteiger partial charge >= 0.3 is 0 Å². The number of rotatable bonds is 3. The number of nitrogens with two attached hydrogens (primary N) is 1. The maximum Gasteiger partial charge on any atom is 0.226 e. The van der Waals surface area contributed by atoms with Gasteiger partial charge in [-0.2, -0.15) is 0 Å². The van der Waals surface area contributed by atoms with E-state index in [1.54, 1.807) is 13.2 Å². The number of hydrogen-bond donors (Lipinski definition) is 2. The summed E-state index contributed by atoms with van der Waals surface area (Å²) in [5.41, 5.74) is 6.62. The van der Waals surface area contributed by atoms with Gasteiger partial charge in [-0.3, -0.25) is 0 Å². The van der Waals surface area contributed by atoms with Crippen molar-refractivity contribution in [3.63, 3.8) is 0 Å². The van der Waals surface area contributed by atoms with Crippen molar-refractivity contribution in [2.75, 3.05) is 25.1 Å². The van der Waals surface area contributed by atoms with E-state index in [0.29, 0.717) is 11.6 Å². The molecule has 7 nitrogen and oxygen atoms in total. The van der Waals surface area contributed by atoms with Crippen molar-refractivity contribution in [3.8, 4) is 0 Å². The van der Waals surface area contributed by atoms with Crippen LogP contribution in [0.25, 0.3) is 0 Å². The van der Waals surface area contributed by atoms with E-state index in [-0.39, 0.29) is 11.4 Å². The molecule has 0 amide bonds. The minimum atomic E-state index is -0.192. The molecule has 1 fully saturated rings. The van der Waals surface area contributed by atoms with E-state index in [1.807, 2.05) is 6.92 Å². The molecule has 1 saturated heterocycles. The molecule has 3 N–H and O–H groups in total. The van der Waals surface area contributed by atoms with Crippen molar-refractivity contribution in [1.29, 1.82) is 0 Å². The number of aromatic nitrogens is 2. The highest BCUT2D eigenvalue weighted by atomic mass is 16.5. The minimum Gasteiger partial charge on any atom is -0.409 e. The molecule has 0 saturated carbocycles. The van der Waals surface area contributed by atoms with Gasteiger partial charge in [0.2, 0.25) is 5.95 Å². The summed E-state index contributed by atoms with van der Waals surface area (Å²) >= 11 is 0. The average Bonchev–Trinajstić information content (AvgIpc) is 2.46. The zero-order valence-corrected chi connectivity index (χ0v) is 12.1. The van der Waals surface area contributed by atoms with Crippen LogP contribution in [0.3, 0.4) is 0 Å². The van der Waals surface area contributed by atoms with E-state index in [4.69, 9.17) is 15.7 Å². The van der Waals surface area contributed by atoms with Crippen molar-refractivity contribution in [2.45, 2.75) is 32.3 Å². The second-order valence-corrected chi connectivity index (χ2v) is 5.36. The summed E-state index contributed by atoms with van der Waals surface area (Å²) in [6, 6.07) is 1.69. The summed E-state index contributed by atoms with van der Waals surface area (Å²) in [5, 5.41) is 11.8. The lowest BCUT2D eigenvalue weighted by atomic mass is 9.95. The van der Waals surface area contributed by atoms with Crippen LogP contribution in [0.5, 0.6) is 0 Å². The number of nitrogens with zero attached hydrogens (tertiary/aromatic N) is 4. The number of methoxy groups -OCH3 is 1. The number of amidine groups is 1. The van der Waals surface area contributed by atoms with Crippen LogP contribution < -0.4 is 10.6 Å². The first kappa shape index (κ1) is 14.5. The van der Waals surface area contributed by atoms with Gasteiger partial charge in [0.25, 0.3) is 0 Å². The Labute approximate surface area is 118 Å². The van der Waals surface area contributed by atoms with Gasteiger partial charge in [0, 0.05) is 25.9 Å². The lowest BCUT2D eigenvalue weighted by Gasteiger charge is -2.39. The summed E-state index contributed by atoms with van der Waals surface area (Å²) in [6.45, 7) is 5.54. The first-order chi connectivity index (χ1) is 9.47. The Morgan fingerprint density at radius 1 is 1.55 bits per heavy atom. The smallest absolute Gasteiger partial charge is 0.226 e. The first-order valence-corrected chi connectivity index (χ1v) is 6.61. The molecular formula is C13H21N5O2. The van der Waals surface area contributed by atoms with Gasteiger partial charge in [-0.05, 0) is 32.8 Å². The lowest BCUT2D eigenvalue weighted by molar-refractivity contribution is -0.00499. The van der Waals surface area contributed by atoms with Crippen LogP contribution in [-0.4, -0.2) is 46.8 Å². The van der Waals surface area contributed by atoms with Gasteiger partial charge in [-0.1, -0.05) is 5.16 Å². The quantitative estimate of drug-likeness (QED) is 0.369. The molecule has 1 aliphatic rings. The highest BCUT2D eigenvalue weighted by molar-refractivity contribution is 5.95. The predicted octanol–water partition coefficient (Wildman–Crippen LogP) is 0.885. The Morgan fingerprint density at radius 3 is 2.95 bits per heavy atom. The third kappa shape index (κ3) is 2.98. The fourth-order valence-electron chi connectivity index (χ4n) is 2.42. The fraction of sp³-hybridized carbons (Fsp3) is 0.615. The van der Waals surface area contributed by atoms with E-state index in [9.17, 15) is 0 Å². The van der Waals surface area contributed by atoms with Gasteiger partial charge in [0.1, 0.15) is 5.69 Å². The molecule has 1 aliphatic heterocycles. The van der Waals surface area contributed by atoms with Gasteiger partial charge in [0.05, 0.1) is 5.60 Å². The van der Waals surface area contributed by atoms with E-state index in [1.165, 1.54) is 0 Å².